The molecule has 0 saturated heterocycles. The van der Waals surface area contributed by atoms with E-state index in [9.17, 15) is 0 Å². The Morgan fingerprint density at radius 1 is 1.29 bits per heavy atom. The number of nitrogens with zero attached hydrogens (tertiary/aromatic N) is 3. The second-order valence-corrected chi connectivity index (χ2v) is 3.00. The molecule has 0 unspecified atom stereocenters. The minimum absolute atomic E-state index is 0.0391. The average Bonchev–Trinajstić information content (AvgIpc) is 2.65. The van der Waals surface area contributed by atoms with Crippen LogP contribution < -0.4 is 5.73 Å². The minimum atomic E-state index is -0.0391. The molecule has 2 N–H and O–H groups in total. The van der Waals surface area contributed by atoms with E-state index in [-0.39, 0.29) is 5.92 Å². The van der Waals surface area contributed by atoms with Crippen molar-refractivity contribution in [2.45, 2.75) is 5.92 Å². The van der Waals surface area contributed by atoms with E-state index in [4.69, 9.17) is 11.0 Å². The van der Waals surface area contributed by atoms with E-state index in [1.54, 1.807) is 18.3 Å². The SMILES string of the molecule is N#Cc1ccc([C@@H]2C=NN=C2N)cc1. The molecule has 4 heteroatoms. The summed E-state index contributed by atoms with van der Waals surface area (Å²) in [6.07, 6.45) is 1.69. The number of hydrogen-bond donors (Lipinski definition) is 1. The lowest BCUT2D eigenvalue weighted by atomic mass is 9.99. The fourth-order valence-electron chi connectivity index (χ4n) is 1.33. The Morgan fingerprint density at radius 2 is 2.00 bits per heavy atom. The van der Waals surface area contributed by atoms with Crippen LogP contribution in [0, 0.1) is 11.3 Å². The molecular weight excluding hydrogens is 176 g/mol. The van der Waals surface area contributed by atoms with Crippen LogP contribution in [0.25, 0.3) is 0 Å². The molecule has 2 rings (SSSR count). The summed E-state index contributed by atoms with van der Waals surface area (Å²) in [5, 5.41) is 16.1. The largest absolute Gasteiger partial charge is 0.385 e. The summed E-state index contributed by atoms with van der Waals surface area (Å²) in [4.78, 5) is 0. The molecule has 0 fully saturated rings. The Morgan fingerprint density at radius 3 is 2.50 bits per heavy atom. The maximum Gasteiger partial charge on any atom is 0.135 e. The van der Waals surface area contributed by atoms with Gasteiger partial charge in [0.05, 0.1) is 17.6 Å². The Kier molecular flexibility index (Phi) is 1.99. The van der Waals surface area contributed by atoms with Gasteiger partial charge < -0.3 is 5.73 Å². The van der Waals surface area contributed by atoms with Gasteiger partial charge in [-0.05, 0) is 17.7 Å². The van der Waals surface area contributed by atoms with Gasteiger partial charge in [-0.3, -0.25) is 0 Å². The van der Waals surface area contributed by atoms with Gasteiger partial charge in [0, 0.05) is 6.21 Å². The monoisotopic (exact) mass is 184 g/mol. The number of nitrogens with two attached hydrogens (primary N) is 1. The molecule has 1 aromatic carbocycles. The normalized spacial score (nSPS) is 19.1. The van der Waals surface area contributed by atoms with Crippen molar-refractivity contribution in [3.63, 3.8) is 0 Å². The molecule has 1 aliphatic rings. The number of rotatable bonds is 1. The summed E-state index contributed by atoms with van der Waals surface area (Å²) in [5.74, 6) is 0.456. The van der Waals surface area contributed by atoms with Gasteiger partial charge in [-0.1, -0.05) is 12.1 Å². The van der Waals surface area contributed by atoms with Crippen molar-refractivity contribution in [1.29, 1.82) is 5.26 Å². The molecular formula is C10H8N4. The quantitative estimate of drug-likeness (QED) is 0.706. The van der Waals surface area contributed by atoms with Crippen LogP contribution in [-0.2, 0) is 0 Å². The van der Waals surface area contributed by atoms with Crippen molar-refractivity contribution in [2.75, 3.05) is 0 Å². The molecule has 0 amide bonds. The number of nitriles is 1. The van der Waals surface area contributed by atoms with Crippen LogP contribution in [0.2, 0.25) is 0 Å². The molecule has 14 heavy (non-hydrogen) atoms. The van der Waals surface area contributed by atoms with E-state index >= 15 is 0 Å². The first-order chi connectivity index (χ1) is 6.81. The Hall–Kier alpha value is -2.15. The first-order valence-corrected chi connectivity index (χ1v) is 4.18. The topological polar surface area (TPSA) is 74.5 Å². The minimum Gasteiger partial charge on any atom is -0.385 e. The summed E-state index contributed by atoms with van der Waals surface area (Å²) in [7, 11) is 0. The molecule has 0 radical (unpaired) electrons. The molecule has 1 aromatic rings. The molecule has 0 bridgehead atoms. The zero-order chi connectivity index (χ0) is 9.97. The molecule has 0 aromatic heterocycles. The third-order valence-corrected chi connectivity index (χ3v) is 2.11. The van der Waals surface area contributed by atoms with Gasteiger partial charge in [-0.15, -0.1) is 5.10 Å². The van der Waals surface area contributed by atoms with Gasteiger partial charge in [0.1, 0.15) is 5.84 Å². The average molecular weight is 184 g/mol. The van der Waals surface area contributed by atoms with Crippen molar-refractivity contribution in [1.82, 2.24) is 0 Å². The fourth-order valence-corrected chi connectivity index (χ4v) is 1.33. The third kappa shape index (κ3) is 1.36. The van der Waals surface area contributed by atoms with Crippen molar-refractivity contribution < 1.29 is 0 Å². The molecule has 0 aliphatic carbocycles. The van der Waals surface area contributed by atoms with E-state index < -0.39 is 0 Å². The Labute approximate surface area is 81.4 Å². The van der Waals surface area contributed by atoms with Gasteiger partial charge in [-0.25, -0.2) is 0 Å². The van der Waals surface area contributed by atoms with Crippen molar-refractivity contribution in [3.05, 3.63) is 35.4 Å². The van der Waals surface area contributed by atoms with Crippen LogP contribution in [-0.4, -0.2) is 12.1 Å². The van der Waals surface area contributed by atoms with Gasteiger partial charge in [0.15, 0.2) is 0 Å². The molecule has 0 saturated carbocycles. The molecule has 1 heterocycles. The van der Waals surface area contributed by atoms with Gasteiger partial charge in [-0.2, -0.15) is 10.4 Å². The summed E-state index contributed by atoms with van der Waals surface area (Å²) in [5.41, 5.74) is 7.29. The van der Waals surface area contributed by atoms with E-state index in [1.165, 1.54) is 0 Å². The van der Waals surface area contributed by atoms with Crippen LogP contribution in [0.4, 0.5) is 0 Å². The van der Waals surface area contributed by atoms with E-state index in [0.29, 0.717) is 11.4 Å². The van der Waals surface area contributed by atoms with Crippen molar-refractivity contribution >= 4 is 12.1 Å². The number of benzene rings is 1. The molecule has 4 nitrogen and oxygen atoms in total. The zero-order valence-corrected chi connectivity index (χ0v) is 7.38. The molecule has 0 spiro atoms. The molecule has 68 valence electrons. The zero-order valence-electron chi connectivity index (χ0n) is 7.38. The first-order valence-electron chi connectivity index (χ1n) is 4.18. The predicted octanol–water partition coefficient (Wildman–Crippen LogP) is 0.998. The van der Waals surface area contributed by atoms with Gasteiger partial charge in [0.25, 0.3) is 0 Å². The highest BCUT2D eigenvalue weighted by Gasteiger charge is 2.17. The second kappa shape index (κ2) is 3.30. The third-order valence-electron chi connectivity index (χ3n) is 2.11. The van der Waals surface area contributed by atoms with Crippen LogP contribution in [0.15, 0.2) is 34.5 Å². The number of hydrogen-bond acceptors (Lipinski definition) is 4. The van der Waals surface area contributed by atoms with Gasteiger partial charge >= 0.3 is 0 Å². The van der Waals surface area contributed by atoms with Crippen molar-refractivity contribution in [3.8, 4) is 6.07 Å². The van der Waals surface area contributed by atoms with Crippen LogP contribution in [0.3, 0.4) is 0 Å². The lowest BCUT2D eigenvalue weighted by Crippen LogP contribution is -2.19. The Bertz CT molecular complexity index is 436. The molecule has 1 aliphatic heterocycles. The highest BCUT2D eigenvalue weighted by Crippen LogP contribution is 2.17. The summed E-state index contributed by atoms with van der Waals surface area (Å²) >= 11 is 0. The smallest absolute Gasteiger partial charge is 0.135 e. The van der Waals surface area contributed by atoms with Crippen LogP contribution in [0.1, 0.15) is 17.0 Å². The fraction of sp³-hybridized carbons (Fsp3) is 0.100. The van der Waals surface area contributed by atoms with Crippen LogP contribution in [0.5, 0.6) is 0 Å². The lowest BCUT2D eigenvalue weighted by molar-refractivity contribution is 1.21. The highest BCUT2D eigenvalue weighted by molar-refractivity contribution is 6.04. The summed E-state index contributed by atoms with van der Waals surface area (Å²) < 4.78 is 0. The standard InChI is InChI=1S/C10H8N4/c11-5-7-1-3-8(4-2-7)9-6-13-14-10(9)12/h1-4,6,9H,(H2,12,14)/t9-/m0/s1. The lowest BCUT2D eigenvalue weighted by Gasteiger charge is -2.06. The first kappa shape index (κ1) is 8.45. The second-order valence-electron chi connectivity index (χ2n) is 3.00. The van der Waals surface area contributed by atoms with Crippen molar-refractivity contribution in [2.24, 2.45) is 15.9 Å². The maximum atomic E-state index is 8.62. The Balaban J connectivity index is 2.31. The molecule has 1 atom stereocenters. The van der Waals surface area contributed by atoms with E-state index in [2.05, 4.69) is 16.3 Å². The number of amidine groups is 1. The predicted molar refractivity (Wildman–Crippen MR) is 54.0 cm³/mol. The van der Waals surface area contributed by atoms with Crippen LogP contribution >= 0.6 is 0 Å². The summed E-state index contributed by atoms with van der Waals surface area (Å²) in [6, 6.07) is 9.31. The summed E-state index contributed by atoms with van der Waals surface area (Å²) in [6.45, 7) is 0. The van der Waals surface area contributed by atoms with Gasteiger partial charge in [0.2, 0.25) is 0 Å². The highest BCUT2D eigenvalue weighted by atomic mass is 15.2. The maximum absolute atomic E-state index is 8.62. The van der Waals surface area contributed by atoms with E-state index in [0.717, 1.165) is 5.56 Å². The van der Waals surface area contributed by atoms with E-state index in [1.807, 2.05) is 12.1 Å².